The lowest BCUT2D eigenvalue weighted by molar-refractivity contribution is -0.144. The molecule has 1 aromatic heterocycles. The van der Waals surface area contributed by atoms with Gasteiger partial charge in [0.15, 0.2) is 0 Å². The van der Waals surface area contributed by atoms with Gasteiger partial charge < -0.3 is 10.1 Å². The molecule has 0 saturated heterocycles. The van der Waals surface area contributed by atoms with Gasteiger partial charge in [-0.25, -0.2) is 9.78 Å². The smallest absolute Gasteiger partial charge is 0.328 e. The number of hydrogen-bond donors (Lipinski definition) is 1. The van der Waals surface area contributed by atoms with E-state index in [0.717, 1.165) is 0 Å². The number of amides is 1. The maximum absolute atomic E-state index is 12.1. The minimum atomic E-state index is -0.755. The summed E-state index contributed by atoms with van der Waals surface area (Å²) in [4.78, 5) is 27.7. The van der Waals surface area contributed by atoms with Gasteiger partial charge in [-0.3, -0.25) is 4.79 Å². The third-order valence-corrected chi connectivity index (χ3v) is 3.50. The van der Waals surface area contributed by atoms with Gasteiger partial charge in [-0.1, -0.05) is 43.5 Å². The summed E-state index contributed by atoms with van der Waals surface area (Å²) in [5, 5.41) is 2.90. The highest BCUT2D eigenvalue weighted by Crippen LogP contribution is 2.18. The molecule has 1 heterocycles. The van der Waals surface area contributed by atoms with Crippen molar-refractivity contribution in [2.45, 2.75) is 26.3 Å². The molecule has 7 heteroatoms. The highest BCUT2D eigenvalue weighted by molar-refractivity contribution is 6.34. The van der Waals surface area contributed by atoms with Gasteiger partial charge in [0, 0.05) is 0 Å². The van der Waals surface area contributed by atoms with Gasteiger partial charge in [0.2, 0.25) is 0 Å². The highest BCUT2D eigenvalue weighted by atomic mass is 35.5. The molecule has 1 rings (SSSR count). The van der Waals surface area contributed by atoms with Crippen LogP contribution in [0.5, 0.6) is 0 Å². The Morgan fingerprint density at radius 1 is 1.40 bits per heavy atom. The number of nitrogens with zero attached hydrogens (tertiary/aromatic N) is 1. The summed E-state index contributed by atoms with van der Waals surface area (Å²) < 4.78 is 4.69. The standard InChI is InChI=1S/C13H16Cl2N2O3/c1-4-7(2)10(13(19)20-3)17-12(18)11-8(14)5-6-9(15)16-11/h5-7,10H,4H2,1-3H3,(H,17,18). The van der Waals surface area contributed by atoms with E-state index >= 15 is 0 Å². The molecule has 0 saturated carbocycles. The number of carbonyl (C=O) groups excluding carboxylic acids is 2. The third kappa shape index (κ3) is 4.08. The van der Waals surface area contributed by atoms with E-state index in [1.165, 1.54) is 19.2 Å². The summed E-state index contributed by atoms with van der Waals surface area (Å²) >= 11 is 11.6. The topological polar surface area (TPSA) is 68.3 Å². The molecule has 0 radical (unpaired) electrons. The van der Waals surface area contributed by atoms with E-state index < -0.39 is 17.9 Å². The average Bonchev–Trinajstić information content (AvgIpc) is 2.45. The second-order valence-corrected chi connectivity index (χ2v) is 5.12. The molecule has 0 aliphatic rings. The summed E-state index contributed by atoms with van der Waals surface area (Å²) in [5.74, 6) is -1.15. The zero-order valence-corrected chi connectivity index (χ0v) is 13.0. The van der Waals surface area contributed by atoms with Crippen LogP contribution in [0.3, 0.4) is 0 Å². The molecule has 1 aromatic rings. The maximum atomic E-state index is 12.1. The third-order valence-electron chi connectivity index (χ3n) is 2.98. The number of carbonyl (C=O) groups is 2. The maximum Gasteiger partial charge on any atom is 0.328 e. The van der Waals surface area contributed by atoms with E-state index in [1.54, 1.807) is 0 Å². The van der Waals surface area contributed by atoms with Gasteiger partial charge in [0.25, 0.3) is 5.91 Å². The molecular formula is C13H16Cl2N2O3. The second-order valence-electron chi connectivity index (χ2n) is 4.32. The second kappa shape index (κ2) is 7.45. The van der Waals surface area contributed by atoms with E-state index in [1.807, 2.05) is 13.8 Å². The van der Waals surface area contributed by atoms with Crippen LogP contribution in [-0.4, -0.2) is 30.0 Å². The Balaban J connectivity index is 2.96. The summed E-state index contributed by atoms with van der Waals surface area (Å²) in [5.41, 5.74) is -0.0172. The SMILES string of the molecule is CCC(C)C(NC(=O)c1nc(Cl)ccc1Cl)C(=O)OC. The van der Waals surface area contributed by atoms with Crippen LogP contribution in [0.25, 0.3) is 0 Å². The lowest BCUT2D eigenvalue weighted by atomic mass is 9.99. The number of halogens is 2. The summed E-state index contributed by atoms with van der Waals surface area (Å²) in [6.45, 7) is 3.76. The van der Waals surface area contributed by atoms with Crippen LogP contribution < -0.4 is 5.32 Å². The van der Waals surface area contributed by atoms with Crippen molar-refractivity contribution >= 4 is 35.1 Å². The quantitative estimate of drug-likeness (QED) is 0.669. The van der Waals surface area contributed by atoms with Crippen LogP contribution >= 0.6 is 23.2 Å². The minimum Gasteiger partial charge on any atom is -0.467 e. The number of nitrogens with one attached hydrogen (secondary N) is 1. The van der Waals surface area contributed by atoms with Crippen molar-refractivity contribution in [2.75, 3.05) is 7.11 Å². The first-order valence-electron chi connectivity index (χ1n) is 6.11. The molecule has 1 N–H and O–H groups in total. The normalized spacial score (nSPS) is 13.4. The molecular weight excluding hydrogens is 303 g/mol. The number of hydrogen-bond acceptors (Lipinski definition) is 4. The van der Waals surface area contributed by atoms with Gasteiger partial charge >= 0.3 is 5.97 Å². The van der Waals surface area contributed by atoms with Crippen molar-refractivity contribution < 1.29 is 14.3 Å². The average molecular weight is 319 g/mol. The number of aromatic nitrogens is 1. The van der Waals surface area contributed by atoms with Crippen molar-refractivity contribution in [1.82, 2.24) is 10.3 Å². The van der Waals surface area contributed by atoms with E-state index in [9.17, 15) is 9.59 Å². The summed E-state index contributed by atoms with van der Waals surface area (Å²) in [6, 6.07) is 2.20. The van der Waals surface area contributed by atoms with E-state index in [2.05, 4.69) is 10.3 Å². The molecule has 0 bridgehead atoms. The largest absolute Gasteiger partial charge is 0.467 e. The number of rotatable bonds is 5. The van der Waals surface area contributed by atoms with Gasteiger partial charge in [0.1, 0.15) is 16.9 Å². The van der Waals surface area contributed by atoms with Crippen molar-refractivity contribution in [1.29, 1.82) is 0 Å². The number of pyridine rings is 1. The zero-order valence-electron chi connectivity index (χ0n) is 11.4. The Morgan fingerprint density at radius 3 is 2.60 bits per heavy atom. The molecule has 110 valence electrons. The lowest BCUT2D eigenvalue weighted by Crippen LogP contribution is -2.46. The Hall–Kier alpha value is -1.33. The van der Waals surface area contributed by atoms with E-state index in [0.29, 0.717) is 6.42 Å². The Morgan fingerprint density at radius 2 is 2.05 bits per heavy atom. The molecule has 20 heavy (non-hydrogen) atoms. The molecule has 5 nitrogen and oxygen atoms in total. The van der Waals surface area contributed by atoms with Crippen LogP contribution in [0.15, 0.2) is 12.1 Å². The Bertz CT molecular complexity index is 508. The van der Waals surface area contributed by atoms with Crippen molar-refractivity contribution in [3.8, 4) is 0 Å². The predicted molar refractivity (Wildman–Crippen MR) is 77.0 cm³/mol. The minimum absolute atomic E-state index is 0.0172. The summed E-state index contributed by atoms with van der Waals surface area (Å²) in [7, 11) is 1.27. The lowest BCUT2D eigenvalue weighted by Gasteiger charge is -2.21. The molecule has 1 amide bonds. The highest BCUT2D eigenvalue weighted by Gasteiger charge is 2.28. The molecule has 0 aliphatic carbocycles. The van der Waals surface area contributed by atoms with Crippen LogP contribution in [0.2, 0.25) is 10.2 Å². The summed E-state index contributed by atoms with van der Waals surface area (Å²) in [6.07, 6.45) is 0.705. The molecule has 2 atom stereocenters. The van der Waals surface area contributed by atoms with E-state index in [4.69, 9.17) is 27.9 Å². The number of ether oxygens (including phenoxy) is 1. The Kier molecular flexibility index (Phi) is 6.23. The first-order valence-corrected chi connectivity index (χ1v) is 6.87. The molecule has 2 unspecified atom stereocenters. The fraction of sp³-hybridized carbons (Fsp3) is 0.462. The van der Waals surface area contributed by atoms with Gasteiger partial charge in [-0.15, -0.1) is 0 Å². The first-order chi connectivity index (χ1) is 9.40. The van der Waals surface area contributed by atoms with Crippen LogP contribution in [0, 0.1) is 5.92 Å². The van der Waals surface area contributed by atoms with Crippen LogP contribution in [-0.2, 0) is 9.53 Å². The molecule has 0 fully saturated rings. The van der Waals surface area contributed by atoms with Crippen LogP contribution in [0.1, 0.15) is 30.8 Å². The number of esters is 1. The van der Waals surface area contributed by atoms with Crippen molar-refractivity contribution in [2.24, 2.45) is 5.92 Å². The predicted octanol–water partition coefficient (Wildman–Crippen LogP) is 2.71. The fourth-order valence-electron chi connectivity index (χ4n) is 1.58. The molecule has 0 aliphatic heterocycles. The van der Waals surface area contributed by atoms with Crippen molar-refractivity contribution in [3.63, 3.8) is 0 Å². The van der Waals surface area contributed by atoms with Gasteiger partial charge in [-0.05, 0) is 18.1 Å². The van der Waals surface area contributed by atoms with Crippen LogP contribution in [0.4, 0.5) is 0 Å². The molecule has 0 spiro atoms. The van der Waals surface area contributed by atoms with E-state index in [-0.39, 0.29) is 21.8 Å². The monoisotopic (exact) mass is 318 g/mol. The molecule has 0 aromatic carbocycles. The fourth-order valence-corrected chi connectivity index (χ4v) is 1.92. The van der Waals surface area contributed by atoms with Gasteiger partial charge in [-0.2, -0.15) is 0 Å². The Labute approximate surface area is 127 Å². The van der Waals surface area contributed by atoms with Gasteiger partial charge in [0.05, 0.1) is 12.1 Å². The zero-order chi connectivity index (χ0) is 15.3. The number of methoxy groups -OCH3 is 1. The first kappa shape index (κ1) is 16.7. The van der Waals surface area contributed by atoms with Crippen molar-refractivity contribution in [3.05, 3.63) is 28.0 Å².